The standard InChI is InChI=1S/C18H18N4O/c1-11-8-17(22-13-4-3-5-14(10-13)23-2)15-9-12(18(19)20)6-7-16(15)21-11/h3-10H,1-2H3,(H3,19,20)(H,21,22)/p+2. The van der Waals surface area contributed by atoms with Crippen LogP contribution < -0.4 is 26.2 Å². The van der Waals surface area contributed by atoms with Gasteiger partial charge in [0.1, 0.15) is 5.75 Å². The van der Waals surface area contributed by atoms with Gasteiger partial charge in [-0.2, -0.15) is 0 Å². The van der Waals surface area contributed by atoms with Gasteiger partial charge in [0.2, 0.25) is 5.52 Å². The first kappa shape index (κ1) is 14.8. The minimum absolute atomic E-state index is 0.305. The number of rotatable bonds is 4. The normalized spacial score (nSPS) is 10.5. The lowest BCUT2D eigenvalue weighted by molar-refractivity contribution is -0.354. The van der Waals surface area contributed by atoms with Gasteiger partial charge in [-0.05, 0) is 24.3 Å². The molecule has 0 atom stereocenters. The van der Waals surface area contributed by atoms with Crippen LogP contribution in [0, 0.1) is 6.92 Å². The molecule has 0 aliphatic rings. The molecule has 1 aromatic heterocycles. The van der Waals surface area contributed by atoms with E-state index < -0.39 is 0 Å². The maximum atomic E-state index is 5.72. The quantitative estimate of drug-likeness (QED) is 0.499. The van der Waals surface area contributed by atoms with Gasteiger partial charge >= 0.3 is 0 Å². The number of benzene rings is 2. The van der Waals surface area contributed by atoms with E-state index in [0.29, 0.717) is 5.84 Å². The summed E-state index contributed by atoms with van der Waals surface area (Å²) in [6.07, 6.45) is 0. The molecule has 0 aliphatic carbocycles. The minimum atomic E-state index is 0.305. The summed E-state index contributed by atoms with van der Waals surface area (Å²) in [5, 5.41) is 10.2. The van der Waals surface area contributed by atoms with Gasteiger partial charge in [-0.25, -0.2) is 4.98 Å². The Hall–Kier alpha value is -3.08. The van der Waals surface area contributed by atoms with E-state index >= 15 is 0 Å². The molecular formula is C18H20N4O+2. The number of amidine groups is 1. The van der Waals surface area contributed by atoms with Crippen LogP contribution in [0.4, 0.5) is 11.4 Å². The number of aromatic amines is 1. The fourth-order valence-corrected chi connectivity index (χ4v) is 2.56. The van der Waals surface area contributed by atoms with E-state index in [1.807, 2.05) is 49.4 Å². The number of H-pyrrole nitrogens is 1. The second-order valence-corrected chi connectivity index (χ2v) is 5.44. The van der Waals surface area contributed by atoms with Crippen LogP contribution in [-0.4, -0.2) is 12.9 Å². The Morgan fingerprint density at radius 2 is 2.00 bits per heavy atom. The second-order valence-electron chi connectivity index (χ2n) is 5.44. The summed E-state index contributed by atoms with van der Waals surface area (Å²) < 4.78 is 5.27. The second kappa shape index (κ2) is 5.96. The van der Waals surface area contributed by atoms with E-state index in [4.69, 9.17) is 15.9 Å². The molecular weight excluding hydrogens is 288 g/mol. The Labute approximate surface area is 134 Å². The molecule has 6 N–H and O–H groups in total. The van der Waals surface area contributed by atoms with Gasteiger partial charge in [-0.3, -0.25) is 11.1 Å². The van der Waals surface area contributed by atoms with Crippen LogP contribution in [0.1, 0.15) is 11.3 Å². The topological polar surface area (TPSA) is 87.0 Å². The van der Waals surface area contributed by atoms with Gasteiger partial charge in [0.05, 0.1) is 23.7 Å². The summed E-state index contributed by atoms with van der Waals surface area (Å²) in [4.78, 5) is 3.35. The lowest BCUT2D eigenvalue weighted by atomic mass is 10.1. The Morgan fingerprint density at radius 3 is 2.74 bits per heavy atom. The molecule has 1 heterocycles. The molecule has 3 rings (SSSR count). The number of aryl methyl sites for hydroxylation is 1. The molecule has 0 bridgehead atoms. The molecule has 5 heteroatoms. The molecule has 0 spiro atoms. The monoisotopic (exact) mass is 308 g/mol. The van der Waals surface area contributed by atoms with Crippen LogP contribution in [-0.2, 0) is 0 Å². The summed E-state index contributed by atoms with van der Waals surface area (Å²) in [6, 6.07) is 15.7. The summed E-state index contributed by atoms with van der Waals surface area (Å²) in [5.41, 5.74) is 10.5. The predicted octanol–water partition coefficient (Wildman–Crippen LogP) is 1.18. The lowest BCUT2D eigenvalue weighted by Gasteiger charge is -2.10. The van der Waals surface area contributed by atoms with Crippen LogP contribution in [0.3, 0.4) is 0 Å². The van der Waals surface area contributed by atoms with E-state index in [-0.39, 0.29) is 0 Å². The first-order chi connectivity index (χ1) is 11.1. The van der Waals surface area contributed by atoms with Crippen molar-refractivity contribution in [2.24, 2.45) is 5.73 Å². The fourth-order valence-electron chi connectivity index (χ4n) is 2.56. The van der Waals surface area contributed by atoms with Gasteiger partial charge in [0, 0.05) is 30.8 Å². The number of anilines is 2. The van der Waals surface area contributed by atoms with E-state index in [1.54, 1.807) is 7.11 Å². The smallest absolute Gasteiger partial charge is 0.270 e. The highest BCUT2D eigenvalue weighted by molar-refractivity contribution is 6.00. The number of ether oxygens (including phenoxy) is 1. The zero-order chi connectivity index (χ0) is 16.4. The first-order valence-corrected chi connectivity index (χ1v) is 7.33. The number of aromatic nitrogens is 1. The van der Waals surface area contributed by atoms with Gasteiger partial charge in [-0.1, -0.05) is 6.07 Å². The van der Waals surface area contributed by atoms with Crippen molar-refractivity contribution in [1.29, 1.82) is 0 Å². The van der Waals surface area contributed by atoms with Crippen molar-refractivity contribution in [3.05, 3.63) is 59.8 Å². The average molecular weight is 308 g/mol. The van der Waals surface area contributed by atoms with Crippen LogP contribution in [0.15, 0.2) is 48.5 Å². The lowest BCUT2D eigenvalue weighted by Crippen LogP contribution is -2.46. The van der Waals surface area contributed by atoms with E-state index in [1.165, 1.54) is 0 Å². The summed E-state index contributed by atoms with van der Waals surface area (Å²) >= 11 is 0. The van der Waals surface area contributed by atoms with Crippen LogP contribution in [0.2, 0.25) is 0 Å². The molecule has 0 aliphatic heterocycles. The minimum Gasteiger partial charge on any atom is -0.497 e. The molecule has 3 aromatic rings. The highest BCUT2D eigenvalue weighted by atomic mass is 16.5. The van der Waals surface area contributed by atoms with Crippen molar-refractivity contribution in [3.8, 4) is 5.75 Å². The third-order valence-electron chi connectivity index (χ3n) is 3.68. The van der Waals surface area contributed by atoms with Crippen LogP contribution >= 0.6 is 0 Å². The molecule has 0 fully saturated rings. The number of pyridine rings is 1. The number of methoxy groups -OCH3 is 1. The molecule has 0 unspecified atom stereocenters. The van der Waals surface area contributed by atoms with Crippen molar-refractivity contribution in [2.45, 2.75) is 6.92 Å². The number of nitrogens with two attached hydrogens (primary N) is 2. The van der Waals surface area contributed by atoms with E-state index in [2.05, 4.69) is 16.4 Å². The number of nitrogens with one attached hydrogen (secondary N) is 2. The van der Waals surface area contributed by atoms with Crippen LogP contribution in [0.5, 0.6) is 5.75 Å². The van der Waals surface area contributed by atoms with E-state index in [0.717, 1.165) is 39.3 Å². The molecule has 5 nitrogen and oxygen atoms in total. The Kier molecular flexibility index (Phi) is 3.85. The largest absolute Gasteiger partial charge is 0.497 e. The van der Waals surface area contributed by atoms with Crippen molar-refractivity contribution < 1.29 is 15.1 Å². The first-order valence-electron chi connectivity index (χ1n) is 7.33. The average Bonchev–Trinajstić information content (AvgIpc) is 2.54. The predicted molar refractivity (Wildman–Crippen MR) is 91.7 cm³/mol. The van der Waals surface area contributed by atoms with Gasteiger partial charge in [0.15, 0.2) is 5.69 Å². The third kappa shape index (κ3) is 3.08. The summed E-state index contributed by atoms with van der Waals surface area (Å²) in [5.74, 6) is 1.11. The summed E-state index contributed by atoms with van der Waals surface area (Å²) in [7, 11) is 1.66. The van der Waals surface area contributed by atoms with Gasteiger partial charge in [0.25, 0.3) is 5.84 Å². The number of hydrogen-bond acceptors (Lipinski definition) is 2. The molecule has 2 aromatic carbocycles. The van der Waals surface area contributed by atoms with Gasteiger partial charge < -0.3 is 10.1 Å². The van der Waals surface area contributed by atoms with Crippen LogP contribution in [0.25, 0.3) is 10.9 Å². The zero-order valence-electron chi connectivity index (χ0n) is 13.2. The highest BCUT2D eigenvalue weighted by Gasteiger charge is 2.13. The molecule has 0 amide bonds. The Bertz CT molecular complexity index is 889. The fraction of sp³-hybridized carbons (Fsp3) is 0.111. The molecule has 116 valence electrons. The maximum absolute atomic E-state index is 5.72. The Balaban J connectivity index is 2.10. The van der Waals surface area contributed by atoms with Crippen molar-refractivity contribution in [1.82, 2.24) is 0 Å². The molecule has 0 saturated carbocycles. The Morgan fingerprint density at radius 1 is 1.17 bits per heavy atom. The summed E-state index contributed by atoms with van der Waals surface area (Å²) in [6.45, 7) is 2.02. The maximum Gasteiger partial charge on any atom is 0.270 e. The zero-order valence-corrected chi connectivity index (χ0v) is 13.2. The molecule has 23 heavy (non-hydrogen) atoms. The van der Waals surface area contributed by atoms with Crippen molar-refractivity contribution >= 4 is 28.1 Å². The SMILES string of the molecule is COc1cccc(Nc2cc(C)[nH+]c3ccc(C(N)=[NH2+])cc23)c1. The third-order valence-corrected chi connectivity index (χ3v) is 3.68. The van der Waals surface area contributed by atoms with Crippen molar-refractivity contribution in [2.75, 3.05) is 12.4 Å². The molecule has 0 radical (unpaired) electrons. The van der Waals surface area contributed by atoms with E-state index in [9.17, 15) is 0 Å². The van der Waals surface area contributed by atoms with Gasteiger partial charge in [-0.15, -0.1) is 0 Å². The van der Waals surface area contributed by atoms with Crippen molar-refractivity contribution in [3.63, 3.8) is 0 Å². The number of hydrogen-bond donors (Lipinski definition) is 3. The molecule has 0 saturated heterocycles. The number of fused-ring (bicyclic) bond motifs is 1. The highest BCUT2D eigenvalue weighted by Crippen LogP contribution is 2.27.